The van der Waals surface area contributed by atoms with Crippen LogP contribution in [0, 0.1) is 0 Å². The standard InChI is InChI=1S/C15H20N2O3/c1-4-11-5-6-14-12(9-11)13(10-20-14)15(18)16-17(2)7-8-19-3/h5-6,9-10H,4,7-8H2,1-3H3,(H,16,18). The molecule has 1 aromatic carbocycles. The Morgan fingerprint density at radius 3 is 2.95 bits per heavy atom. The van der Waals surface area contributed by atoms with E-state index in [1.807, 2.05) is 18.2 Å². The number of rotatable bonds is 6. The molecule has 1 heterocycles. The summed E-state index contributed by atoms with van der Waals surface area (Å²) in [5.41, 5.74) is 5.27. The van der Waals surface area contributed by atoms with Crippen molar-refractivity contribution in [2.45, 2.75) is 13.3 Å². The van der Waals surface area contributed by atoms with Crippen LogP contribution in [-0.2, 0) is 11.2 Å². The Bertz CT molecular complexity index is 592. The van der Waals surface area contributed by atoms with Gasteiger partial charge in [0.15, 0.2) is 0 Å². The highest BCUT2D eigenvalue weighted by Crippen LogP contribution is 2.22. The zero-order chi connectivity index (χ0) is 14.5. The number of nitrogens with one attached hydrogen (secondary N) is 1. The van der Waals surface area contributed by atoms with Gasteiger partial charge in [0.2, 0.25) is 0 Å². The summed E-state index contributed by atoms with van der Waals surface area (Å²) in [5.74, 6) is -0.171. The molecule has 0 spiro atoms. The Morgan fingerprint density at radius 2 is 2.25 bits per heavy atom. The third-order valence-electron chi connectivity index (χ3n) is 3.21. The van der Waals surface area contributed by atoms with Crippen molar-refractivity contribution < 1.29 is 13.9 Å². The van der Waals surface area contributed by atoms with Crippen molar-refractivity contribution in [3.8, 4) is 0 Å². The second-order valence-electron chi connectivity index (χ2n) is 4.69. The van der Waals surface area contributed by atoms with E-state index in [1.54, 1.807) is 19.2 Å². The molecule has 0 unspecified atom stereocenters. The smallest absolute Gasteiger partial charge is 0.269 e. The minimum absolute atomic E-state index is 0.171. The van der Waals surface area contributed by atoms with Crippen LogP contribution in [0.3, 0.4) is 0 Å². The number of hydrogen-bond donors (Lipinski definition) is 1. The molecule has 20 heavy (non-hydrogen) atoms. The summed E-state index contributed by atoms with van der Waals surface area (Å²) in [4.78, 5) is 12.2. The number of likely N-dealkylation sites (N-methyl/N-ethyl adjacent to an activating group) is 1. The number of hydrazine groups is 1. The van der Waals surface area contributed by atoms with Crippen LogP contribution in [0.4, 0.5) is 0 Å². The normalized spacial score (nSPS) is 11.2. The number of methoxy groups -OCH3 is 1. The number of nitrogens with zero attached hydrogens (tertiary/aromatic N) is 1. The molecular formula is C15H20N2O3. The number of carbonyl (C=O) groups excluding carboxylic acids is 1. The van der Waals surface area contributed by atoms with E-state index in [2.05, 4.69) is 12.3 Å². The molecule has 0 aliphatic heterocycles. The molecule has 5 heteroatoms. The number of fused-ring (bicyclic) bond motifs is 1. The first kappa shape index (κ1) is 14.6. The van der Waals surface area contributed by atoms with Gasteiger partial charge in [-0.2, -0.15) is 0 Å². The molecule has 2 rings (SSSR count). The number of carbonyl (C=O) groups is 1. The maximum absolute atomic E-state index is 12.2. The second kappa shape index (κ2) is 6.54. The maximum atomic E-state index is 12.2. The van der Waals surface area contributed by atoms with Crippen molar-refractivity contribution in [3.05, 3.63) is 35.6 Å². The Morgan fingerprint density at radius 1 is 1.45 bits per heavy atom. The van der Waals surface area contributed by atoms with Crippen LogP contribution >= 0.6 is 0 Å². The highest BCUT2D eigenvalue weighted by atomic mass is 16.5. The van der Waals surface area contributed by atoms with E-state index in [1.165, 1.54) is 11.8 Å². The van der Waals surface area contributed by atoms with E-state index < -0.39 is 0 Å². The van der Waals surface area contributed by atoms with Gasteiger partial charge in [-0.25, -0.2) is 5.01 Å². The van der Waals surface area contributed by atoms with E-state index in [-0.39, 0.29) is 5.91 Å². The van der Waals surface area contributed by atoms with Crippen molar-refractivity contribution >= 4 is 16.9 Å². The zero-order valence-electron chi connectivity index (χ0n) is 12.1. The lowest BCUT2D eigenvalue weighted by atomic mass is 10.1. The minimum atomic E-state index is -0.171. The van der Waals surface area contributed by atoms with E-state index >= 15 is 0 Å². The van der Waals surface area contributed by atoms with E-state index in [0.29, 0.717) is 18.7 Å². The SMILES string of the molecule is CCc1ccc2occ(C(=O)NN(C)CCOC)c2c1. The van der Waals surface area contributed by atoms with Crippen molar-refractivity contribution in [3.63, 3.8) is 0 Å². The lowest BCUT2D eigenvalue weighted by Gasteiger charge is -2.16. The molecule has 1 N–H and O–H groups in total. The van der Waals surface area contributed by atoms with Crippen molar-refractivity contribution in [1.29, 1.82) is 0 Å². The highest BCUT2D eigenvalue weighted by molar-refractivity contribution is 6.05. The van der Waals surface area contributed by atoms with Gasteiger partial charge >= 0.3 is 0 Å². The van der Waals surface area contributed by atoms with Gasteiger partial charge in [0.1, 0.15) is 11.8 Å². The van der Waals surface area contributed by atoms with Gasteiger partial charge < -0.3 is 9.15 Å². The number of benzene rings is 1. The molecule has 108 valence electrons. The first-order chi connectivity index (χ1) is 9.65. The van der Waals surface area contributed by atoms with Gasteiger partial charge in [-0.05, 0) is 24.1 Å². The Balaban J connectivity index is 2.17. The topological polar surface area (TPSA) is 54.7 Å². The van der Waals surface area contributed by atoms with Gasteiger partial charge in [0, 0.05) is 26.1 Å². The molecule has 1 aromatic heterocycles. The second-order valence-corrected chi connectivity index (χ2v) is 4.69. The van der Waals surface area contributed by atoms with Gasteiger partial charge in [0.05, 0.1) is 12.2 Å². The first-order valence-electron chi connectivity index (χ1n) is 6.67. The number of furan rings is 1. The van der Waals surface area contributed by atoms with Crippen molar-refractivity contribution in [1.82, 2.24) is 10.4 Å². The molecule has 0 bridgehead atoms. The molecule has 0 saturated heterocycles. The fraction of sp³-hybridized carbons (Fsp3) is 0.400. The summed E-state index contributed by atoms with van der Waals surface area (Å²) < 4.78 is 10.4. The third kappa shape index (κ3) is 3.18. The van der Waals surface area contributed by atoms with Crippen LogP contribution in [0.5, 0.6) is 0 Å². The summed E-state index contributed by atoms with van der Waals surface area (Å²) in [7, 11) is 3.43. The van der Waals surface area contributed by atoms with E-state index in [4.69, 9.17) is 9.15 Å². The maximum Gasteiger partial charge on any atom is 0.269 e. The minimum Gasteiger partial charge on any atom is -0.463 e. The summed E-state index contributed by atoms with van der Waals surface area (Å²) in [6, 6.07) is 5.92. The predicted octanol–water partition coefficient (Wildman–Crippen LogP) is 2.22. The third-order valence-corrected chi connectivity index (χ3v) is 3.21. The average molecular weight is 276 g/mol. The summed E-state index contributed by atoms with van der Waals surface area (Å²) in [6.07, 6.45) is 2.43. The zero-order valence-corrected chi connectivity index (χ0v) is 12.1. The van der Waals surface area contributed by atoms with Crippen LogP contribution in [0.15, 0.2) is 28.9 Å². The van der Waals surface area contributed by atoms with Crippen LogP contribution in [-0.4, -0.2) is 38.2 Å². The number of hydrogen-bond acceptors (Lipinski definition) is 4. The van der Waals surface area contributed by atoms with Crippen LogP contribution in [0.25, 0.3) is 11.0 Å². The summed E-state index contributed by atoms with van der Waals surface area (Å²) in [6.45, 7) is 3.26. The number of amides is 1. The van der Waals surface area contributed by atoms with E-state index in [9.17, 15) is 4.79 Å². The van der Waals surface area contributed by atoms with E-state index in [0.717, 1.165) is 17.4 Å². The molecule has 0 radical (unpaired) electrons. The number of ether oxygens (including phenoxy) is 1. The van der Waals surface area contributed by atoms with Crippen LogP contribution < -0.4 is 5.43 Å². The average Bonchev–Trinajstić information content (AvgIpc) is 2.87. The molecule has 0 aliphatic carbocycles. The van der Waals surface area contributed by atoms with Gasteiger partial charge in [0.25, 0.3) is 5.91 Å². The lowest BCUT2D eigenvalue weighted by Crippen LogP contribution is -2.40. The van der Waals surface area contributed by atoms with Gasteiger partial charge in [-0.3, -0.25) is 10.2 Å². The van der Waals surface area contributed by atoms with Gasteiger partial charge in [-0.15, -0.1) is 0 Å². The Kier molecular flexibility index (Phi) is 4.76. The summed E-state index contributed by atoms with van der Waals surface area (Å²) in [5, 5.41) is 2.55. The van der Waals surface area contributed by atoms with Crippen LogP contribution in [0.2, 0.25) is 0 Å². The fourth-order valence-electron chi connectivity index (χ4n) is 1.99. The molecular weight excluding hydrogens is 256 g/mol. The monoisotopic (exact) mass is 276 g/mol. The molecule has 1 amide bonds. The fourth-order valence-corrected chi connectivity index (χ4v) is 1.99. The molecule has 0 saturated carbocycles. The lowest BCUT2D eigenvalue weighted by molar-refractivity contribution is 0.0776. The molecule has 0 fully saturated rings. The number of aryl methyl sites for hydroxylation is 1. The predicted molar refractivity (Wildman–Crippen MR) is 77.6 cm³/mol. The molecule has 5 nitrogen and oxygen atoms in total. The Labute approximate surface area is 118 Å². The van der Waals surface area contributed by atoms with Crippen molar-refractivity contribution in [2.75, 3.05) is 27.3 Å². The highest BCUT2D eigenvalue weighted by Gasteiger charge is 2.15. The molecule has 2 aromatic rings. The molecule has 0 aliphatic rings. The Hall–Kier alpha value is -1.85. The summed E-state index contributed by atoms with van der Waals surface area (Å²) >= 11 is 0. The van der Waals surface area contributed by atoms with Gasteiger partial charge in [-0.1, -0.05) is 13.0 Å². The van der Waals surface area contributed by atoms with Crippen molar-refractivity contribution in [2.24, 2.45) is 0 Å². The first-order valence-corrected chi connectivity index (χ1v) is 6.67. The van der Waals surface area contributed by atoms with Crippen LogP contribution in [0.1, 0.15) is 22.8 Å². The largest absolute Gasteiger partial charge is 0.463 e. The quantitative estimate of drug-likeness (QED) is 0.822. The molecule has 0 atom stereocenters.